The smallest absolute Gasteiger partial charge is 0.310 e. The van der Waals surface area contributed by atoms with E-state index in [1.807, 2.05) is 0 Å². The molecular formula is CH3F5N3OP3. The maximum absolute atomic E-state index is 13.0. The molecule has 0 aliphatic carbocycles. The standard InChI is InChI=1S/CH3F5N3OP3/c1-10-13(6)7-11(4)8(2)12(5)9(13)3/h1H3. The van der Waals surface area contributed by atoms with Crippen molar-refractivity contribution in [2.75, 3.05) is 7.11 Å². The highest BCUT2D eigenvalue weighted by molar-refractivity contribution is 7.77. The van der Waals surface area contributed by atoms with Crippen molar-refractivity contribution in [2.24, 2.45) is 4.52 Å². The lowest BCUT2D eigenvalue weighted by Gasteiger charge is -2.28. The van der Waals surface area contributed by atoms with Gasteiger partial charge in [0.15, 0.2) is 0 Å². The minimum absolute atomic E-state index is 0.699. The average molecular weight is 261 g/mol. The zero-order chi connectivity index (χ0) is 10.2. The Labute approximate surface area is 72.8 Å². The van der Waals surface area contributed by atoms with Gasteiger partial charge < -0.3 is 4.52 Å². The Hall–Kier alpha value is 0.620. The van der Waals surface area contributed by atoms with Crippen LogP contribution in [0.5, 0.6) is 0 Å². The van der Waals surface area contributed by atoms with Crippen LogP contribution in [0.4, 0.5) is 21.6 Å². The van der Waals surface area contributed by atoms with Crippen molar-refractivity contribution in [3.63, 3.8) is 0 Å². The fourth-order valence-electron chi connectivity index (χ4n) is 0.474. The van der Waals surface area contributed by atoms with Crippen LogP contribution in [0.1, 0.15) is 0 Å². The van der Waals surface area contributed by atoms with Crippen LogP contribution in [-0.2, 0) is 4.52 Å². The zero-order valence-electron chi connectivity index (χ0n) is 5.98. The van der Waals surface area contributed by atoms with E-state index in [0.717, 1.165) is 0 Å². The lowest BCUT2D eigenvalue weighted by molar-refractivity contribution is 0.168. The van der Waals surface area contributed by atoms with Gasteiger partial charge in [0, 0.05) is 11.8 Å². The first-order valence-corrected chi connectivity index (χ1v) is 6.42. The number of hydrogen-bond donors (Lipinski definition) is 0. The van der Waals surface area contributed by atoms with E-state index in [9.17, 15) is 21.6 Å². The van der Waals surface area contributed by atoms with Crippen molar-refractivity contribution in [1.82, 2.24) is 9.33 Å². The molecule has 1 aliphatic heterocycles. The molecule has 1 aliphatic rings. The SMILES string of the molecule is COP1(F)=NP(F)N(F)P(F)N1F. The van der Waals surface area contributed by atoms with Gasteiger partial charge in [-0.3, -0.25) is 0 Å². The average Bonchev–Trinajstić information content (AvgIpc) is 2.12. The Morgan fingerprint density at radius 1 is 1.38 bits per heavy atom. The van der Waals surface area contributed by atoms with Crippen LogP contribution in [-0.4, -0.2) is 16.4 Å². The second kappa shape index (κ2) is 4.01. The molecule has 0 aromatic heterocycles. The van der Waals surface area contributed by atoms with E-state index in [2.05, 4.69) is 9.04 Å². The lowest BCUT2D eigenvalue weighted by atomic mass is 11.8. The molecule has 0 aromatic rings. The van der Waals surface area contributed by atoms with Gasteiger partial charge in [-0.2, -0.15) is 17.1 Å². The van der Waals surface area contributed by atoms with Crippen LogP contribution < -0.4 is 0 Å². The fraction of sp³-hybridized carbons (Fsp3) is 1.00. The Morgan fingerprint density at radius 3 is 2.38 bits per heavy atom. The zero-order valence-corrected chi connectivity index (χ0v) is 8.66. The number of halogens is 5. The molecule has 0 aromatic carbocycles. The van der Waals surface area contributed by atoms with E-state index in [-0.39, 0.29) is 0 Å². The third-order valence-electron chi connectivity index (χ3n) is 1.03. The Balaban J connectivity index is 3.04. The number of nitrogens with zero attached hydrogens (tertiary/aromatic N) is 3. The molecule has 13 heavy (non-hydrogen) atoms. The van der Waals surface area contributed by atoms with Gasteiger partial charge in [0.1, 0.15) is 0 Å². The maximum atomic E-state index is 13.0. The molecule has 4 nitrogen and oxygen atoms in total. The van der Waals surface area contributed by atoms with Crippen LogP contribution in [0.15, 0.2) is 4.52 Å². The lowest BCUT2D eigenvalue weighted by Crippen LogP contribution is -2.11. The van der Waals surface area contributed by atoms with Crippen molar-refractivity contribution in [1.29, 1.82) is 0 Å². The molecule has 0 radical (unpaired) electrons. The second-order valence-corrected chi connectivity index (χ2v) is 6.73. The van der Waals surface area contributed by atoms with Crippen LogP contribution >= 0.6 is 24.8 Å². The van der Waals surface area contributed by atoms with Crippen molar-refractivity contribution < 1.29 is 26.1 Å². The summed E-state index contributed by atoms with van der Waals surface area (Å²) in [4.78, 5) is 0. The quantitative estimate of drug-likeness (QED) is 0.399. The molecule has 0 spiro atoms. The summed E-state index contributed by atoms with van der Waals surface area (Å²) in [5.74, 6) is 0. The van der Waals surface area contributed by atoms with Crippen molar-refractivity contribution in [3.05, 3.63) is 0 Å². The first kappa shape index (κ1) is 11.7. The van der Waals surface area contributed by atoms with Gasteiger partial charge in [0.25, 0.3) is 0 Å². The molecule has 0 amide bonds. The van der Waals surface area contributed by atoms with Gasteiger partial charge in [0.2, 0.25) is 0 Å². The van der Waals surface area contributed by atoms with Gasteiger partial charge in [-0.05, 0) is 4.66 Å². The van der Waals surface area contributed by atoms with Gasteiger partial charge in [0.05, 0.1) is 0 Å². The molecule has 3 atom stereocenters. The molecule has 0 bridgehead atoms. The molecule has 0 fully saturated rings. The summed E-state index contributed by atoms with van der Waals surface area (Å²) >= 11 is 0. The van der Waals surface area contributed by atoms with Crippen LogP contribution in [0.25, 0.3) is 0 Å². The van der Waals surface area contributed by atoms with Gasteiger partial charge >= 0.3 is 24.8 Å². The van der Waals surface area contributed by atoms with Gasteiger partial charge in [-0.15, -0.1) is 8.96 Å². The van der Waals surface area contributed by atoms with E-state index in [0.29, 0.717) is 7.11 Å². The normalized spacial score (nSPS) is 43.2. The first-order valence-electron chi connectivity index (χ1n) is 2.64. The van der Waals surface area contributed by atoms with E-state index in [4.69, 9.17) is 0 Å². The summed E-state index contributed by atoms with van der Waals surface area (Å²) in [6.45, 7) is 0. The van der Waals surface area contributed by atoms with Crippen molar-refractivity contribution >= 4 is 24.8 Å². The van der Waals surface area contributed by atoms with E-state index >= 15 is 0 Å². The summed E-state index contributed by atoms with van der Waals surface area (Å²) in [5, 5.41) is 0. The predicted octanol–water partition coefficient (Wildman–Crippen LogP) is 4.33. The van der Waals surface area contributed by atoms with Gasteiger partial charge in [-0.25, -0.2) is 0 Å². The molecule has 0 N–H and O–H groups in total. The van der Waals surface area contributed by atoms with Crippen molar-refractivity contribution in [3.8, 4) is 0 Å². The Kier molecular flexibility index (Phi) is 3.60. The minimum Gasteiger partial charge on any atom is -0.310 e. The largest absolute Gasteiger partial charge is 0.371 e. The molecule has 3 unspecified atom stereocenters. The van der Waals surface area contributed by atoms with Crippen LogP contribution in [0, 0.1) is 0 Å². The second-order valence-electron chi connectivity index (χ2n) is 1.71. The molecule has 1 rings (SSSR count). The summed E-state index contributed by atoms with van der Waals surface area (Å²) in [6.07, 6.45) is 0. The Morgan fingerprint density at radius 2 is 1.92 bits per heavy atom. The topological polar surface area (TPSA) is 28.1 Å². The van der Waals surface area contributed by atoms with E-state index in [1.165, 1.54) is 0 Å². The predicted molar refractivity (Wildman–Crippen MR) is 39.4 cm³/mol. The summed E-state index contributed by atoms with van der Waals surface area (Å²) in [5.41, 5.74) is 0. The molecular weight excluding hydrogens is 258 g/mol. The maximum Gasteiger partial charge on any atom is 0.371 e. The van der Waals surface area contributed by atoms with E-state index in [1.54, 1.807) is 0 Å². The summed E-state index contributed by atoms with van der Waals surface area (Å²) in [7, 11) is -11.4. The monoisotopic (exact) mass is 261 g/mol. The molecule has 1 heterocycles. The number of hydrogen-bond acceptors (Lipinski definition) is 4. The third-order valence-corrected chi connectivity index (χ3v) is 6.18. The highest BCUT2D eigenvalue weighted by Gasteiger charge is 2.50. The molecule has 12 heteroatoms. The van der Waals surface area contributed by atoms with Gasteiger partial charge in [-0.1, -0.05) is 0 Å². The molecule has 0 saturated carbocycles. The van der Waals surface area contributed by atoms with Crippen LogP contribution in [0.3, 0.4) is 0 Å². The first-order chi connectivity index (χ1) is 5.92. The third kappa shape index (κ3) is 2.01. The highest BCUT2D eigenvalue weighted by Crippen LogP contribution is 2.80. The van der Waals surface area contributed by atoms with Crippen molar-refractivity contribution in [2.45, 2.75) is 0 Å². The fourth-order valence-corrected chi connectivity index (χ4v) is 4.97. The summed E-state index contributed by atoms with van der Waals surface area (Å²) < 4.78 is 66.8. The summed E-state index contributed by atoms with van der Waals surface area (Å²) in [6, 6.07) is 0. The molecule has 0 saturated heterocycles. The minimum atomic E-state index is -4.77. The molecule has 78 valence electrons. The van der Waals surface area contributed by atoms with Crippen LogP contribution in [0.2, 0.25) is 0 Å². The van der Waals surface area contributed by atoms with E-state index < -0.39 is 34.1 Å². The Bertz CT molecular complexity index is 251. The highest BCUT2D eigenvalue weighted by atomic mass is 31.3. The number of rotatable bonds is 1.